The van der Waals surface area contributed by atoms with Gasteiger partial charge in [-0.25, -0.2) is 4.98 Å². The summed E-state index contributed by atoms with van der Waals surface area (Å²) in [6.45, 7) is 1.44. The van der Waals surface area contributed by atoms with Gasteiger partial charge in [0.15, 0.2) is 5.82 Å². The molecule has 0 saturated heterocycles. The van der Waals surface area contributed by atoms with Crippen molar-refractivity contribution in [3.63, 3.8) is 0 Å². The highest BCUT2D eigenvalue weighted by atomic mass is 16.3. The van der Waals surface area contributed by atoms with Crippen LogP contribution in [-0.2, 0) is 4.79 Å². The van der Waals surface area contributed by atoms with Crippen molar-refractivity contribution in [1.29, 1.82) is 0 Å². The summed E-state index contributed by atoms with van der Waals surface area (Å²) in [7, 11) is 0. The maximum Gasteiger partial charge on any atom is 0.221 e. The number of hydrogen-bond donors (Lipinski definition) is 3. The Morgan fingerprint density at radius 2 is 1.94 bits per heavy atom. The molecule has 0 fully saturated rings. The molecule has 1 aromatic heterocycles. The van der Waals surface area contributed by atoms with Crippen molar-refractivity contribution in [2.75, 3.05) is 10.6 Å². The molecule has 0 aliphatic carbocycles. The summed E-state index contributed by atoms with van der Waals surface area (Å²) in [5.74, 6) is 0.596. The zero-order chi connectivity index (χ0) is 13.0. The number of benzene rings is 1. The highest BCUT2D eigenvalue weighted by Crippen LogP contribution is 2.23. The minimum Gasteiger partial charge on any atom is -0.508 e. The monoisotopic (exact) mass is 243 g/mol. The first-order valence-electron chi connectivity index (χ1n) is 5.44. The Labute approximate surface area is 104 Å². The molecule has 0 saturated carbocycles. The molecule has 3 N–H and O–H groups in total. The SMILES string of the molecule is CC(=O)Nc1cccnc1Nc1ccc(O)cc1. The van der Waals surface area contributed by atoms with E-state index in [1.807, 2.05) is 0 Å². The summed E-state index contributed by atoms with van der Waals surface area (Å²) >= 11 is 0. The number of hydrogen-bond acceptors (Lipinski definition) is 4. The number of phenols is 1. The number of anilines is 3. The van der Waals surface area contributed by atoms with Gasteiger partial charge in [0, 0.05) is 18.8 Å². The summed E-state index contributed by atoms with van der Waals surface area (Å²) in [6.07, 6.45) is 1.63. The molecule has 0 bridgehead atoms. The Morgan fingerprint density at radius 1 is 1.22 bits per heavy atom. The number of aromatic hydroxyl groups is 1. The van der Waals surface area contributed by atoms with E-state index in [1.54, 1.807) is 42.6 Å². The molecule has 0 spiro atoms. The van der Waals surface area contributed by atoms with Crippen LogP contribution in [0.2, 0.25) is 0 Å². The van der Waals surface area contributed by atoms with Gasteiger partial charge in [0.05, 0.1) is 5.69 Å². The highest BCUT2D eigenvalue weighted by molar-refractivity contribution is 5.92. The van der Waals surface area contributed by atoms with E-state index in [4.69, 9.17) is 0 Å². The fourth-order valence-electron chi connectivity index (χ4n) is 1.48. The third-order valence-corrected chi connectivity index (χ3v) is 2.25. The average Bonchev–Trinajstić information content (AvgIpc) is 2.34. The van der Waals surface area contributed by atoms with Crippen LogP contribution in [0.25, 0.3) is 0 Å². The van der Waals surface area contributed by atoms with Crippen molar-refractivity contribution >= 4 is 23.1 Å². The Balaban J connectivity index is 2.23. The van der Waals surface area contributed by atoms with Gasteiger partial charge in [0.2, 0.25) is 5.91 Å². The lowest BCUT2D eigenvalue weighted by Gasteiger charge is -2.10. The van der Waals surface area contributed by atoms with E-state index >= 15 is 0 Å². The maximum atomic E-state index is 11.1. The van der Waals surface area contributed by atoms with Crippen LogP contribution in [0.3, 0.4) is 0 Å². The molecule has 92 valence electrons. The van der Waals surface area contributed by atoms with Crippen LogP contribution in [0.4, 0.5) is 17.2 Å². The minimum absolute atomic E-state index is 0.156. The Hall–Kier alpha value is -2.56. The van der Waals surface area contributed by atoms with Gasteiger partial charge in [0.25, 0.3) is 0 Å². The number of amides is 1. The van der Waals surface area contributed by atoms with E-state index in [0.717, 1.165) is 5.69 Å². The van der Waals surface area contributed by atoms with Gasteiger partial charge in [-0.1, -0.05) is 0 Å². The zero-order valence-corrected chi connectivity index (χ0v) is 9.84. The number of aromatic nitrogens is 1. The number of carbonyl (C=O) groups is 1. The second-order valence-corrected chi connectivity index (χ2v) is 3.75. The van der Waals surface area contributed by atoms with Crippen LogP contribution in [0.15, 0.2) is 42.6 Å². The zero-order valence-electron chi connectivity index (χ0n) is 9.84. The van der Waals surface area contributed by atoms with Crippen molar-refractivity contribution in [3.05, 3.63) is 42.6 Å². The smallest absolute Gasteiger partial charge is 0.221 e. The molecular formula is C13H13N3O2. The van der Waals surface area contributed by atoms with E-state index in [1.165, 1.54) is 6.92 Å². The molecule has 0 radical (unpaired) electrons. The lowest BCUT2D eigenvalue weighted by molar-refractivity contribution is -0.114. The standard InChI is InChI=1S/C13H13N3O2/c1-9(17)15-12-3-2-8-14-13(12)16-10-4-6-11(18)7-5-10/h2-8,18H,1H3,(H,14,16)(H,15,17). The summed E-state index contributed by atoms with van der Waals surface area (Å²) in [6, 6.07) is 10.1. The van der Waals surface area contributed by atoms with Crippen LogP contribution >= 0.6 is 0 Å². The number of pyridine rings is 1. The highest BCUT2D eigenvalue weighted by Gasteiger charge is 2.04. The van der Waals surface area contributed by atoms with Gasteiger partial charge >= 0.3 is 0 Å². The van der Waals surface area contributed by atoms with Gasteiger partial charge in [-0.2, -0.15) is 0 Å². The van der Waals surface area contributed by atoms with Crippen LogP contribution in [0.1, 0.15) is 6.92 Å². The Bertz CT molecular complexity index is 552. The molecule has 0 unspecified atom stereocenters. The third-order valence-electron chi connectivity index (χ3n) is 2.25. The largest absolute Gasteiger partial charge is 0.508 e. The quantitative estimate of drug-likeness (QED) is 0.724. The third kappa shape index (κ3) is 2.98. The molecule has 18 heavy (non-hydrogen) atoms. The van der Waals surface area contributed by atoms with E-state index in [0.29, 0.717) is 11.5 Å². The van der Waals surface area contributed by atoms with Crippen LogP contribution in [-0.4, -0.2) is 16.0 Å². The van der Waals surface area contributed by atoms with E-state index in [9.17, 15) is 9.90 Å². The summed E-state index contributed by atoms with van der Waals surface area (Å²) < 4.78 is 0. The van der Waals surface area contributed by atoms with Crippen molar-refractivity contribution in [1.82, 2.24) is 4.98 Å². The van der Waals surface area contributed by atoms with E-state index in [2.05, 4.69) is 15.6 Å². The first kappa shape index (κ1) is 11.9. The molecule has 0 aliphatic rings. The second kappa shape index (κ2) is 5.18. The number of nitrogens with zero attached hydrogens (tertiary/aromatic N) is 1. The lowest BCUT2D eigenvalue weighted by Crippen LogP contribution is -2.08. The first-order chi connectivity index (χ1) is 8.65. The van der Waals surface area contributed by atoms with Crippen molar-refractivity contribution in [2.24, 2.45) is 0 Å². The molecular weight excluding hydrogens is 230 g/mol. The van der Waals surface area contributed by atoms with Crippen molar-refractivity contribution in [3.8, 4) is 5.75 Å². The predicted octanol–water partition coefficient (Wildman–Crippen LogP) is 2.49. The fourth-order valence-corrected chi connectivity index (χ4v) is 1.48. The summed E-state index contributed by atoms with van der Waals surface area (Å²) in [5.41, 5.74) is 1.39. The second-order valence-electron chi connectivity index (χ2n) is 3.75. The molecule has 5 nitrogen and oxygen atoms in total. The van der Waals surface area contributed by atoms with E-state index < -0.39 is 0 Å². The minimum atomic E-state index is -0.156. The molecule has 2 aromatic rings. The molecule has 1 amide bonds. The molecule has 0 aliphatic heterocycles. The van der Waals surface area contributed by atoms with Gasteiger partial charge in [-0.15, -0.1) is 0 Å². The maximum absolute atomic E-state index is 11.1. The van der Waals surface area contributed by atoms with E-state index in [-0.39, 0.29) is 11.7 Å². The number of carbonyl (C=O) groups excluding carboxylic acids is 1. The summed E-state index contributed by atoms with van der Waals surface area (Å²) in [4.78, 5) is 15.2. The number of rotatable bonds is 3. The molecule has 1 heterocycles. The fraction of sp³-hybridized carbons (Fsp3) is 0.0769. The first-order valence-corrected chi connectivity index (χ1v) is 5.44. The number of phenolic OH excluding ortho intramolecular Hbond substituents is 1. The average molecular weight is 243 g/mol. The molecule has 2 rings (SSSR count). The van der Waals surface area contributed by atoms with Crippen LogP contribution in [0.5, 0.6) is 5.75 Å². The normalized spacial score (nSPS) is 9.83. The van der Waals surface area contributed by atoms with Gasteiger partial charge < -0.3 is 15.7 Å². The summed E-state index contributed by atoms with van der Waals surface area (Å²) in [5, 5.41) is 15.0. The molecule has 1 aromatic carbocycles. The van der Waals surface area contributed by atoms with Crippen molar-refractivity contribution in [2.45, 2.75) is 6.92 Å². The topological polar surface area (TPSA) is 74.2 Å². The predicted molar refractivity (Wildman–Crippen MR) is 69.9 cm³/mol. The molecule has 0 atom stereocenters. The van der Waals surface area contributed by atoms with Crippen LogP contribution < -0.4 is 10.6 Å². The Morgan fingerprint density at radius 3 is 2.61 bits per heavy atom. The lowest BCUT2D eigenvalue weighted by atomic mass is 10.3. The van der Waals surface area contributed by atoms with Crippen LogP contribution in [0, 0.1) is 0 Å². The van der Waals surface area contributed by atoms with Gasteiger partial charge in [-0.05, 0) is 36.4 Å². The van der Waals surface area contributed by atoms with Gasteiger partial charge in [-0.3, -0.25) is 4.79 Å². The Kier molecular flexibility index (Phi) is 3.43. The van der Waals surface area contributed by atoms with Crippen molar-refractivity contribution < 1.29 is 9.90 Å². The van der Waals surface area contributed by atoms with Gasteiger partial charge in [0.1, 0.15) is 5.75 Å². The number of nitrogens with one attached hydrogen (secondary N) is 2. The molecule has 5 heteroatoms.